The average molecular weight is 565 g/mol. The number of rotatable bonds is 9. The Balaban J connectivity index is 1.18. The number of carboxylic acids is 1. The van der Waals surface area contributed by atoms with Crippen molar-refractivity contribution in [1.29, 1.82) is 0 Å². The van der Waals surface area contributed by atoms with Crippen molar-refractivity contribution < 1.29 is 14.7 Å². The summed E-state index contributed by atoms with van der Waals surface area (Å²) in [6.45, 7) is 7.78. The zero-order valence-electron chi connectivity index (χ0n) is 23.0. The molecule has 3 unspecified atom stereocenters. The molecule has 0 spiro atoms. The summed E-state index contributed by atoms with van der Waals surface area (Å²) in [4.78, 5) is 45.7. The molecule has 3 atom stereocenters. The summed E-state index contributed by atoms with van der Waals surface area (Å²) in [7, 11) is 0. The first kappa shape index (κ1) is 26.7. The van der Waals surface area contributed by atoms with E-state index in [1.807, 2.05) is 23.7 Å². The van der Waals surface area contributed by atoms with Gasteiger partial charge >= 0.3 is 5.97 Å². The lowest BCUT2D eigenvalue weighted by atomic mass is 9.45. The van der Waals surface area contributed by atoms with Crippen molar-refractivity contribution in [2.24, 2.45) is 23.2 Å². The number of aliphatic carboxylic acids is 1. The smallest absolute Gasteiger partial charge is 0.303 e. The van der Waals surface area contributed by atoms with E-state index in [4.69, 9.17) is 20.1 Å². The molecular formula is C28H36N8O3S. The quantitative estimate of drug-likeness (QED) is 0.346. The van der Waals surface area contributed by atoms with Gasteiger partial charge in [0.05, 0.1) is 22.1 Å². The molecule has 11 nitrogen and oxygen atoms in total. The maximum atomic E-state index is 12.4. The van der Waals surface area contributed by atoms with Crippen LogP contribution in [0.25, 0.3) is 10.2 Å². The molecule has 1 saturated heterocycles. The van der Waals surface area contributed by atoms with Crippen molar-refractivity contribution in [3.8, 4) is 0 Å². The lowest BCUT2D eigenvalue weighted by Crippen LogP contribution is -2.53. The largest absolute Gasteiger partial charge is 0.481 e. The Hall–Kier alpha value is -3.54. The van der Waals surface area contributed by atoms with Gasteiger partial charge < -0.3 is 25.5 Å². The van der Waals surface area contributed by atoms with Gasteiger partial charge in [0, 0.05) is 44.8 Å². The highest BCUT2D eigenvalue weighted by atomic mass is 32.1. The lowest BCUT2D eigenvalue weighted by Gasteiger charge is -2.60. The summed E-state index contributed by atoms with van der Waals surface area (Å²) < 4.78 is 1.08. The summed E-state index contributed by atoms with van der Waals surface area (Å²) >= 11 is 1.59. The van der Waals surface area contributed by atoms with Crippen molar-refractivity contribution in [1.82, 2.24) is 24.8 Å². The molecule has 4 fully saturated rings. The normalized spacial score (nSPS) is 23.5. The first-order valence-electron chi connectivity index (χ1n) is 14.1. The number of hydrogen-bond donors (Lipinski definition) is 3. The number of carboxylic acid groups (broad SMARTS) is 1. The van der Waals surface area contributed by atoms with Crippen LogP contribution in [0.15, 0.2) is 23.7 Å². The number of benzene rings is 1. The van der Waals surface area contributed by atoms with E-state index in [9.17, 15) is 9.59 Å². The van der Waals surface area contributed by atoms with E-state index in [1.165, 1.54) is 19.3 Å². The van der Waals surface area contributed by atoms with E-state index in [2.05, 4.69) is 34.4 Å². The van der Waals surface area contributed by atoms with Crippen LogP contribution in [0.3, 0.4) is 0 Å². The van der Waals surface area contributed by atoms with Crippen LogP contribution in [0.2, 0.25) is 0 Å². The van der Waals surface area contributed by atoms with Crippen LogP contribution >= 0.6 is 11.3 Å². The Kier molecular flexibility index (Phi) is 7.20. The maximum absolute atomic E-state index is 12.4. The van der Waals surface area contributed by atoms with Crippen LogP contribution in [-0.2, 0) is 9.59 Å². The standard InChI is InChI=1S/C28H36N8O3S/c1-28(2)18-4-3-17(20(28)13-18)15-29-25-32-26(31-19-5-6-21-22(14-19)40-16-30-21)34-27(33-25)36-11-9-35(10-12-36)23(37)7-8-24(38)39/h5-6,14,16-18,20H,3-4,7-13,15H2,1-2H3,(H,38,39)(H2,29,31,32,33,34). The minimum atomic E-state index is -0.958. The minimum Gasteiger partial charge on any atom is -0.481 e. The molecule has 2 aromatic heterocycles. The molecule has 3 saturated carbocycles. The molecule has 3 N–H and O–H groups in total. The first-order chi connectivity index (χ1) is 19.3. The Morgan fingerprint density at radius 1 is 1.07 bits per heavy atom. The predicted octanol–water partition coefficient (Wildman–Crippen LogP) is 4.22. The molecule has 40 heavy (non-hydrogen) atoms. The number of fused-ring (bicyclic) bond motifs is 3. The Labute approximate surface area is 237 Å². The van der Waals surface area contributed by atoms with Gasteiger partial charge in [-0.1, -0.05) is 13.8 Å². The SMILES string of the molecule is CC1(C)C2CCC(CNc3nc(Nc4ccc5ncsc5c4)nc(N4CCN(C(=O)CCC(=O)O)CC4)n3)C1C2. The molecule has 3 aromatic rings. The molecule has 2 bridgehead atoms. The second-order valence-corrected chi connectivity index (χ2v) is 12.7. The van der Waals surface area contributed by atoms with Crippen molar-refractivity contribution >= 4 is 57.0 Å². The number of carbonyl (C=O) groups is 2. The van der Waals surface area contributed by atoms with E-state index in [0.29, 0.717) is 55.4 Å². The average Bonchev–Trinajstić information content (AvgIpc) is 3.43. The fourth-order valence-corrected chi connectivity index (χ4v) is 7.38. The molecule has 212 valence electrons. The fourth-order valence-electron chi connectivity index (χ4n) is 6.66. The highest BCUT2D eigenvalue weighted by Gasteiger charge is 2.53. The monoisotopic (exact) mass is 564 g/mol. The molecular weight excluding hydrogens is 528 g/mol. The lowest BCUT2D eigenvalue weighted by molar-refractivity contribution is -0.141. The molecule has 1 aromatic carbocycles. The van der Waals surface area contributed by atoms with Crippen LogP contribution in [0, 0.1) is 23.2 Å². The molecule has 0 radical (unpaired) electrons. The first-order valence-corrected chi connectivity index (χ1v) is 15.0. The summed E-state index contributed by atoms with van der Waals surface area (Å²) in [5, 5.41) is 15.8. The molecule has 4 aliphatic rings. The third-order valence-corrected chi connectivity index (χ3v) is 9.99. The van der Waals surface area contributed by atoms with E-state index >= 15 is 0 Å². The highest BCUT2D eigenvalue weighted by Crippen LogP contribution is 2.61. The van der Waals surface area contributed by atoms with Crippen molar-refractivity contribution in [2.75, 3.05) is 48.3 Å². The Bertz CT molecular complexity index is 1400. The molecule has 3 heterocycles. The number of aromatic nitrogens is 4. The summed E-state index contributed by atoms with van der Waals surface area (Å²) in [5.41, 5.74) is 4.08. The number of nitrogens with one attached hydrogen (secondary N) is 2. The van der Waals surface area contributed by atoms with Gasteiger partial charge in [-0.25, -0.2) is 4.98 Å². The van der Waals surface area contributed by atoms with Crippen molar-refractivity contribution in [3.05, 3.63) is 23.7 Å². The number of anilines is 4. The van der Waals surface area contributed by atoms with Crippen LogP contribution in [0.1, 0.15) is 46.0 Å². The minimum absolute atomic E-state index is 0.0209. The second kappa shape index (κ2) is 10.8. The van der Waals surface area contributed by atoms with Gasteiger partial charge in [-0.2, -0.15) is 15.0 Å². The van der Waals surface area contributed by atoms with Crippen LogP contribution < -0.4 is 15.5 Å². The fraction of sp³-hybridized carbons (Fsp3) is 0.571. The van der Waals surface area contributed by atoms with Crippen LogP contribution in [0.5, 0.6) is 0 Å². The molecule has 1 amide bonds. The van der Waals surface area contributed by atoms with E-state index in [0.717, 1.165) is 34.3 Å². The number of nitrogens with zero attached hydrogens (tertiary/aromatic N) is 6. The Morgan fingerprint density at radius 2 is 1.88 bits per heavy atom. The molecule has 3 aliphatic carbocycles. The van der Waals surface area contributed by atoms with E-state index in [1.54, 1.807) is 16.2 Å². The summed E-state index contributed by atoms with van der Waals surface area (Å²) in [5.74, 6) is 2.68. The number of amides is 1. The zero-order valence-corrected chi connectivity index (χ0v) is 23.8. The van der Waals surface area contributed by atoms with Gasteiger partial charge in [0.1, 0.15) is 0 Å². The van der Waals surface area contributed by atoms with Gasteiger partial charge in [0.25, 0.3) is 0 Å². The third kappa shape index (κ3) is 5.41. The number of hydrogen-bond acceptors (Lipinski definition) is 10. The van der Waals surface area contributed by atoms with Crippen LogP contribution in [0.4, 0.5) is 23.5 Å². The number of thiazole rings is 1. The zero-order chi connectivity index (χ0) is 27.9. The van der Waals surface area contributed by atoms with Gasteiger partial charge in [-0.15, -0.1) is 11.3 Å². The molecule has 1 aliphatic heterocycles. The number of piperazine rings is 1. The molecule has 7 rings (SSSR count). The third-order valence-electron chi connectivity index (χ3n) is 9.20. The predicted molar refractivity (Wildman–Crippen MR) is 155 cm³/mol. The number of carbonyl (C=O) groups excluding carboxylic acids is 1. The van der Waals surface area contributed by atoms with Crippen LogP contribution in [-0.4, -0.2) is 74.5 Å². The van der Waals surface area contributed by atoms with Gasteiger partial charge in [-0.3, -0.25) is 9.59 Å². The van der Waals surface area contributed by atoms with Gasteiger partial charge in [0.2, 0.25) is 23.8 Å². The van der Waals surface area contributed by atoms with E-state index < -0.39 is 5.97 Å². The topological polar surface area (TPSA) is 136 Å². The van der Waals surface area contributed by atoms with Gasteiger partial charge in [0.15, 0.2) is 0 Å². The second-order valence-electron chi connectivity index (χ2n) is 11.8. The van der Waals surface area contributed by atoms with Crippen molar-refractivity contribution in [2.45, 2.75) is 46.0 Å². The summed E-state index contributed by atoms with van der Waals surface area (Å²) in [6, 6.07) is 5.99. The van der Waals surface area contributed by atoms with Gasteiger partial charge in [-0.05, 0) is 60.6 Å². The summed E-state index contributed by atoms with van der Waals surface area (Å²) in [6.07, 6.45) is 3.73. The maximum Gasteiger partial charge on any atom is 0.303 e. The van der Waals surface area contributed by atoms with Crippen molar-refractivity contribution in [3.63, 3.8) is 0 Å². The van der Waals surface area contributed by atoms with E-state index in [-0.39, 0.29) is 18.7 Å². The highest BCUT2D eigenvalue weighted by molar-refractivity contribution is 7.16. The molecule has 12 heteroatoms. The Morgan fingerprint density at radius 3 is 2.62 bits per heavy atom.